The van der Waals surface area contributed by atoms with Crippen LogP contribution in [0.4, 0.5) is 0 Å². The molecule has 0 saturated carbocycles. The molecule has 1 unspecified atom stereocenters. The van der Waals surface area contributed by atoms with Crippen LogP contribution < -0.4 is 5.32 Å². The number of aliphatic hydroxyl groups excluding tert-OH is 1. The molecule has 1 aromatic carbocycles. The Morgan fingerprint density at radius 3 is 2.75 bits per heavy atom. The highest BCUT2D eigenvalue weighted by Crippen LogP contribution is 2.29. The first kappa shape index (κ1) is 17.0. The summed E-state index contributed by atoms with van der Waals surface area (Å²) >= 11 is 13.2. The fraction of sp³-hybridized carbons (Fsp3) is 0.118. The van der Waals surface area contributed by atoms with Crippen LogP contribution in [0.15, 0.2) is 53.1 Å². The van der Waals surface area contributed by atoms with E-state index in [2.05, 4.69) is 5.32 Å². The van der Waals surface area contributed by atoms with E-state index in [0.29, 0.717) is 27.9 Å². The van der Waals surface area contributed by atoms with Crippen LogP contribution in [-0.2, 0) is 6.54 Å². The van der Waals surface area contributed by atoms with Crippen LogP contribution in [0.5, 0.6) is 0 Å². The third kappa shape index (κ3) is 3.82. The van der Waals surface area contributed by atoms with Crippen LogP contribution in [0.25, 0.3) is 0 Å². The van der Waals surface area contributed by atoms with Gasteiger partial charge in [0, 0.05) is 15.3 Å². The Kier molecular flexibility index (Phi) is 5.26. The van der Waals surface area contributed by atoms with Crippen LogP contribution in [0, 0.1) is 0 Å². The summed E-state index contributed by atoms with van der Waals surface area (Å²) in [6.45, 7) is 0.356. The molecule has 24 heavy (non-hydrogen) atoms. The molecule has 0 bridgehead atoms. The number of aliphatic hydroxyl groups is 1. The van der Waals surface area contributed by atoms with Crippen molar-refractivity contribution in [1.29, 1.82) is 0 Å². The second-order valence-electron chi connectivity index (χ2n) is 5.03. The van der Waals surface area contributed by atoms with Gasteiger partial charge in [-0.1, -0.05) is 23.2 Å². The van der Waals surface area contributed by atoms with Gasteiger partial charge < -0.3 is 14.8 Å². The van der Waals surface area contributed by atoms with Crippen molar-refractivity contribution in [1.82, 2.24) is 5.32 Å². The Labute approximate surface area is 152 Å². The molecule has 3 aromatic rings. The normalized spacial score (nSPS) is 12.1. The standard InChI is InChI=1S/C17H13Cl2NO3S/c18-12-5-3-10(8-13(12)19)17(22)20-9-11-4-6-15(24-11)16(21)14-2-1-7-23-14/h1-8,16,21H,9H2,(H,20,22). The van der Waals surface area contributed by atoms with E-state index in [0.717, 1.165) is 9.75 Å². The lowest BCUT2D eigenvalue weighted by molar-refractivity contribution is 0.0951. The molecule has 2 heterocycles. The van der Waals surface area contributed by atoms with Gasteiger partial charge in [0.05, 0.1) is 22.9 Å². The number of hydrogen-bond donors (Lipinski definition) is 2. The highest BCUT2D eigenvalue weighted by Gasteiger charge is 2.16. The highest BCUT2D eigenvalue weighted by atomic mass is 35.5. The zero-order valence-corrected chi connectivity index (χ0v) is 14.7. The summed E-state index contributed by atoms with van der Waals surface area (Å²) in [7, 11) is 0. The highest BCUT2D eigenvalue weighted by molar-refractivity contribution is 7.12. The van der Waals surface area contributed by atoms with Crippen LogP contribution >= 0.6 is 34.5 Å². The molecule has 124 valence electrons. The molecule has 2 aromatic heterocycles. The average Bonchev–Trinajstić information content (AvgIpc) is 3.26. The monoisotopic (exact) mass is 381 g/mol. The van der Waals surface area contributed by atoms with Gasteiger partial charge in [-0.3, -0.25) is 4.79 Å². The number of benzene rings is 1. The maximum absolute atomic E-state index is 12.1. The molecule has 1 atom stereocenters. The van der Waals surface area contributed by atoms with E-state index in [4.69, 9.17) is 27.6 Å². The molecule has 4 nitrogen and oxygen atoms in total. The number of carbonyl (C=O) groups is 1. The maximum Gasteiger partial charge on any atom is 0.251 e. The number of hydrogen-bond acceptors (Lipinski definition) is 4. The molecule has 0 fully saturated rings. The zero-order chi connectivity index (χ0) is 17.1. The zero-order valence-electron chi connectivity index (χ0n) is 12.3. The Bertz CT molecular complexity index is 845. The number of halogens is 2. The van der Waals surface area contributed by atoms with Crippen molar-refractivity contribution in [2.75, 3.05) is 0 Å². The van der Waals surface area contributed by atoms with Gasteiger partial charge in [-0.15, -0.1) is 11.3 Å². The molecular formula is C17H13Cl2NO3S. The van der Waals surface area contributed by atoms with Crippen LogP contribution in [0.2, 0.25) is 10.0 Å². The van der Waals surface area contributed by atoms with Gasteiger partial charge in [-0.05, 0) is 42.5 Å². The van der Waals surface area contributed by atoms with Crippen LogP contribution in [-0.4, -0.2) is 11.0 Å². The van der Waals surface area contributed by atoms with Crippen molar-refractivity contribution >= 4 is 40.4 Å². The molecule has 0 aliphatic heterocycles. The van der Waals surface area contributed by atoms with Gasteiger partial charge in [0.1, 0.15) is 11.9 Å². The van der Waals surface area contributed by atoms with Gasteiger partial charge in [-0.25, -0.2) is 0 Å². The van der Waals surface area contributed by atoms with Crippen molar-refractivity contribution in [3.05, 3.63) is 79.9 Å². The summed E-state index contributed by atoms with van der Waals surface area (Å²) in [5.41, 5.74) is 0.441. The minimum absolute atomic E-state index is 0.241. The topological polar surface area (TPSA) is 62.5 Å². The Hall–Kier alpha value is -1.79. The van der Waals surface area contributed by atoms with E-state index in [-0.39, 0.29) is 5.91 Å². The lowest BCUT2D eigenvalue weighted by Crippen LogP contribution is -2.22. The third-order valence-corrected chi connectivity index (χ3v) is 5.25. The van der Waals surface area contributed by atoms with E-state index in [1.54, 1.807) is 24.3 Å². The first-order valence-corrected chi connectivity index (χ1v) is 8.65. The first-order valence-electron chi connectivity index (χ1n) is 7.08. The molecule has 0 spiro atoms. The SMILES string of the molecule is O=C(NCc1ccc(C(O)c2ccco2)s1)c1ccc(Cl)c(Cl)c1. The largest absolute Gasteiger partial charge is 0.466 e. The summed E-state index contributed by atoms with van der Waals surface area (Å²) < 4.78 is 5.20. The fourth-order valence-electron chi connectivity index (χ4n) is 2.13. The predicted octanol–water partition coefficient (Wildman–Crippen LogP) is 4.66. The van der Waals surface area contributed by atoms with E-state index < -0.39 is 6.10 Å². The molecule has 7 heteroatoms. The van der Waals surface area contributed by atoms with E-state index in [1.807, 2.05) is 12.1 Å². The van der Waals surface area contributed by atoms with Gasteiger partial charge in [0.15, 0.2) is 0 Å². The lowest BCUT2D eigenvalue weighted by atomic mass is 10.2. The number of thiophene rings is 1. The number of furan rings is 1. The number of rotatable bonds is 5. The van der Waals surface area contributed by atoms with Crippen molar-refractivity contribution in [2.45, 2.75) is 12.6 Å². The Balaban J connectivity index is 1.63. The fourth-order valence-corrected chi connectivity index (χ4v) is 3.38. The molecule has 3 rings (SSSR count). The Morgan fingerprint density at radius 2 is 2.04 bits per heavy atom. The summed E-state index contributed by atoms with van der Waals surface area (Å²) in [4.78, 5) is 13.8. The molecule has 2 N–H and O–H groups in total. The predicted molar refractivity (Wildman–Crippen MR) is 94.7 cm³/mol. The summed E-state index contributed by atoms with van der Waals surface area (Å²) in [5, 5.41) is 13.8. The Morgan fingerprint density at radius 1 is 1.21 bits per heavy atom. The summed E-state index contributed by atoms with van der Waals surface area (Å²) in [5.74, 6) is 0.248. The summed E-state index contributed by atoms with van der Waals surface area (Å²) in [6.07, 6.45) is 0.717. The maximum atomic E-state index is 12.1. The van der Waals surface area contributed by atoms with Crippen molar-refractivity contribution in [3.8, 4) is 0 Å². The third-order valence-electron chi connectivity index (χ3n) is 3.37. The minimum atomic E-state index is -0.801. The second-order valence-corrected chi connectivity index (χ2v) is 7.05. The van der Waals surface area contributed by atoms with E-state index >= 15 is 0 Å². The molecule has 0 radical (unpaired) electrons. The molecule has 0 saturated heterocycles. The van der Waals surface area contributed by atoms with E-state index in [9.17, 15) is 9.90 Å². The number of amides is 1. The van der Waals surface area contributed by atoms with E-state index in [1.165, 1.54) is 23.7 Å². The molecule has 0 aliphatic rings. The van der Waals surface area contributed by atoms with Crippen LogP contribution in [0.1, 0.15) is 32.0 Å². The molecule has 1 amide bonds. The van der Waals surface area contributed by atoms with Gasteiger partial charge in [0.25, 0.3) is 5.91 Å². The molecule has 0 aliphatic carbocycles. The van der Waals surface area contributed by atoms with Gasteiger partial charge in [-0.2, -0.15) is 0 Å². The van der Waals surface area contributed by atoms with Gasteiger partial charge >= 0.3 is 0 Å². The second kappa shape index (κ2) is 7.40. The smallest absolute Gasteiger partial charge is 0.251 e. The average molecular weight is 382 g/mol. The quantitative estimate of drug-likeness (QED) is 0.675. The number of carbonyl (C=O) groups excluding carboxylic acids is 1. The van der Waals surface area contributed by atoms with Crippen molar-refractivity contribution in [3.63, 3.8) is 0 Å². The number of nitrogens with one attached hydrogen (secondary N) is 1. The van der Waals surface area contributed by atoms with Crippen molar-refractivity contribution in [2.24, 2.45) is 0 Å². The lowest BCUT2D eigenvalue weighted by Gasteiger charge is -2.06. The molecular weight excluding hydrogens is 369 g/mol. The van der Waals surface area contributed by atoms with Crippen LogP contribution in [0.3, 0.4) is 0 Å². The van der Waals surface area contributed by atoms with Gasteiger partial charge in [0.2, 0.25) is 0 Å². The van der Waals surface area contributed by atoms with Crippen molar-refractivity contribution < 1.29 is 14.3 Å². The first-order chi connectivity index (χ1) is 11.5. The summed E-state index contributed by atoms with van der Waals surface area (Å²) in [6, 6.07) is 11.9. The minimum Gasteiger partial charge on any atom is -0.466 e.